The van der Waals surface area contributed by atoms with Crippen LogP contribution in [-0.2, 0) is 20.8 Å². The molecule has 2 aromatic rings. The van der Waals surface area contributed by atoms with Gasteiger partial charge in [0.2, 0.25) is 0 Å². The van der Waals surface area contributed by atoms with Crippen molar-refractivity contribution in [3.05, 3.63) is 59.2 Å². The summed E-state index contributed by atoms with van der Waals surface area (Å²) < 4.78 is 26.7. The molecule has 0 amide bonds. The summed E-state index contributed by atoms with van der Waals surface area (Å²) in [5, 5.41) is 0. The molecule has 0 unspecified atom stereocenters. The normalized spacial score (nSPS) is 15.9. The van der Waals surface area contributed by atoms with Crippen LogP contribution in [0.1, 0.15) is 32.7 Å². The highest BCUT2D eigenvalue weighted by Gasteiger charge is 2.25. The summed E-state index contributed by atoms with van der Waals surface area (Å²) in [7, 11) is 2.95. The molecular formula is C21H22O7. The third-order valence-corrected chi connectivity index (χ3v) is 4.28. The van der Waals surface area contributed by atoms with Gasteiger partial charge in [-0.05, 0) is 29.8 Å². The summed E-state index contributed by atoms with van der Waals surface area (Å²) in [6, 6.07) is 11.7. The first kappa shape index (κ1) is 19.9. The minimum absolute atomic E-state index is 0.144. The fourth-order valence-electron chi connectivity index (χ4n) is 2.86. The molecule has 3 rings (SSSR count). The van der Waals surface area contributed by atoms with Crippen molar-refractivity contribution in [2.45, 2.75) is 19.1 Å². The van der Waals surface area contributed by atoms with E-state index in [0.717, 1.165) is 0 Å². The Bertz CT molecular complexity index is 826. The van der Waals surface area contributed by atoms with Crippen molar-refractivity contribution in [2.75, 3.05) is 27.4 Å². The van der Waals surface area contributed by atoms with E-state index in [1.54, 1.807) is 30.3 Å². The average Bonchev–Trinajstić information content (AvgIpc) is 3.22. The minimum Gasteiger partial charge on any atom is -0.493 e. The van der Waals surface area contributed by atoms with Gasteiger partial charge in [-0.3, -0.25) is 0 Å². The van der Waals surface area contributed by atoms with Crippen molar-refractivity contribution in [3.63, 3.8) is 0 Å². The zero-order valence-electron chi connectivity index (χ0n) is 15.8. The van der Waals surface area contributed by atoms with Crippen molar-refractivity contribution in [2.24, 2.45) is 0 Å². The summed E-state index contributed by atoms with van der Waals surface area (Å²) in [4.78, 5) is 25.0. The van der Waals surface area contributed by atoms with E-state index in [0.29, 0.717) is 36.3 Å². The first-order valence-electron chi connectivity index (χ1n) is 8.88. The van der Waals surface area contributed by atoms with Crippen molar-refractivity contribution in [1.29, 1.82) is 0 Å². The van der Waals surface area contributed by atoms with Crippen LogP contribution in [0, 0.1) is 0 Å². The first-order chi connectivity index (χ1) is 13.6. The summed E-state index contributed by atoms with van der Waals surface area (Å²) >= 11 is 0. The van der Waals surface area contributed by atoms with Gasteiger partial charge in [0.15, 0.2) is 11.5 Å². The van der Waals surface area contributed by atoms with Gasteiger partial charge < -0.3 is 23.7 Å². The lowest BCUT2D eigenvalue weighted by atomic mass is 10.1. The highest BCUT2D eigenvalue weighted by molar-refractivity contribution is 5.94. The van der Waals surface area contributed by atoms with Crippen molar-refractivity contribution in [1.82, 2.24) is 0 Å². The standard InChI is InChI=1S/C21H22O7/c1-24-12-15-10-19(28-20(22)14-6-4-3-5-7-14)18(25-2)11-17(15)21(23)27-16-8-9-26-13-16/h3-7,10-11,16H,8-9,12-13H2,1-2H3/t16-/m1/s1. The Balaban J connectivity index is 1.87. The molecular weight excluding hydrogens is 364 g/mol. The number of hydrogen-bond acceptors (Lipinski definition) is 7. The largest absolute Gasteiger partial charge is 0.493 e. The first-order valence-corrected chi connectivity index (χ1v) is 8.88. The summed E-state index contributed by atoms with van der Waals surface area (Å²) in [5.74, 6) is -0.578. The Morgan fingerprint density at radius 3 is 2.50 bits per heavy atom. The molecule has 0 N–H and O–H groups in total. The molecule has 28 heavy (non-hydrogen) atoms. The van der Waals surface area contributed by atoms with E-state index in [2.05, 4.69) is 0 Å². The average molecular weight is 386 g/mol. The second-order valence-corrected chi connectivity index (χ2v) is 6.24. The van der Waals surface area contributed by atoms with Gasteiger partial charge in [-0.1, -0.05) is 18.2 Å². The molecule has 0 spiro atoms. The van der Waals surface area contributed by atoms with Crippen molar-refractivity contribution < 1.29 is 33.3 Å². The smallest absolute Gasteiger partial charge is 0.343 e. The number of esters is 2. The van der Waals surface area contributed by atoms with E-state index >= 15 is 0 Å². The molecule has 2 aromatic carbocycles. The molecule has 1 aliphatic heterocycles. The van der Waals surface area contributed by atoms with Gasteiger partial charge >= 0.3 is 11.9 Å². The number of methoxy groups -OCH3 is 2. The maximum atomic E-state index is 12.6. The Kier molecular flexibility index (Phi) is 6.62. The van der Waals surface area contributed by atoms with Crippen LogP contribution in [-0.4, -0.2) is 45.5 Å². The number of benzene rings is 2. The molecule has 0 saturated carbocycles. The number of rotatable bonds is 7. The Morgan fingerprint density at radius 1 is 1.07 bits per heavy atom. The van der Waals surface area contributed by atoms with Crippen molar-refractivity contribution in [3.8, 4) is 11.5 Å². The Labute approximate surface area is 163 Å². The fraction of sp³-hybridized carbons (Fsp3) is 0.333. The second-order valence-electron chi connectivity index (χ2n) is 6.24. The van der Waals surface area contributed by atoms with Crippen molar-refractivity contribution >= 4 is 11.9 Å². The summed E-state index contributed by atoms with van der Waals surface area (Å²) in [5.41, 5.74) is 1.23. The van der Waals surface area contributed by atoms with Gasteiger partial charge in [-0.25, -0.2) is 9.59 Å². The topological polar surface area (TPSA) is 80.3 Å². The molecule has 0 radical (unpaired) electrons. The van der Waals surface area contributed by atoms with Crippen LogP contribution in [0.3, 0.4) is 0 Å². The van der Waals surface area contributed by atoms with E-state index in [1.165, 1.54) is 20.3 Å². The van der Waals surface area contributed by atoms with Gasteiger partial charge in [0.1, 0.15) is 6.10 Å². The highest BCUT2D eigenvalue weighted by Crippen LogP contribution is 2.32. The third kappa shape index (κ3) is 4.68. The summed E-state index contributed by atoms with van der Waals surface area (Å²) in [6.45, 7) is 1.10. The van der Waals surface area contributed by atoms with Crippen LogP contribution in [0.15, 0.2) is 42.5 Å². The van der Waals surface area contributed by atoms with Gasteiger partial charge in [-0.15, -0.1) is 0 Å². The molecule has 7 nitrogen and oxygen atoms in total. The Hall–Kier alpha value is -2.90. The van der Waals surface area contributed by atoms with Gasteiger partial charge in [0.25, 0.3) is 0 Å². The van der Waals surface area contributed by atoms with Crippen LogP contribution >= 0.6 is 0 Å². The second kappa shape index (κ2) is 9.34. The molecule has 1 aliphatic rings. The maximum Gasteiger partial charge on any atom is 0.343 e. The predicted molar refractivity (Wildman–Crippen MR) is 99.7 cm³/mol. The SMILES string of the molecule is COCc1cc(OC(=O)c2ccccc2)c(OC)cc1C(=O)O[C@@H]1CCOC1. The number of carbonyl (C=O) groups is 2. The number of hydrogen-bond donors (Lipinski definition) is 0. The molecule has 7 heteroatoms. The quantitative estimate of drug-likeness (QED) is 0.534. The van der Waals surface area contributed by atoms with Gasteiger partial charge in [0, 0.05) is 13.5 Å². The van der Waals surface area contributed by atoms with E-state index in [-0.39, 0.29) is 24.2 Å². The van der Waals surface area contributed by atoms with E-state index in [4.69, 9.17) is 23.7 Å². The lowest BCUT2D eigenvalue weighted by molar-refractivity contribution is 0.0266. The van der Waals surface area contributed by atoms with Crippen LogP contribution in [0.5, 0.6) is 11.5 Å². The third-order valence-electron chi connectivity index (χ3n) is 4.28. The maximum absolute atomic E-state index is 12.6. The molecule has 1 atom stereocenters. The molecule has 1 fully saturated rings. The van der Waals surface area contributed by atoms with Crippen LogP contribution in [0.2, 0.25) is 0 Å². The van der Waals surface area contributed by atoms with E-state index < -0.39 is 11.9 Å². The predicted octanol–water partition coefficient (Wildman–Crippen LogP) is 3.01. The van der Waals surface area contributed by atoms with Gasteiger partial charge in [0.05, 0.1) is 38.1 Å². The zero-order valence-corrected chi connectivity index (χ0v) is 15.8. The molecule has 148 valence electrons. The molecule has 0 aromatic heterocycles. The van der Waals surface area contributed by atoms with Crippen LogP contribution in [0.25, 0.3) is 0 Å². The lowest BCUT2D eigenvalue weighted by Gasteiger charge is -2.16. The van der Waals surface area contributed by atoms with Gasteiger partial charge in [-0.2, -0.15) is 0 Å². The van der Waals surface area contributed by atoms with Crippen LogP contribution in [0.4, 0.5) is 0 Å². The Morgan fingerprint density at radius 2 is 1.86 bits per heavy atom. The molecule has 0 aliphatic carbocycles. The molecule has 1 saturated heterocycles. The molecule has 0 bridgehead atoms. The molecule has 1 heterocycles. The zero-order chi connectivity index (χ0) is 19.9. The number of ether oxygens (including phenoxy) is 5. The van der Waals surface area contributed by atoms with E-state index in [1.807, 2.05) is 6.07 Å². The summed E-state index contributed by atoms with van der Waals surface area (Å²) in [6.07, 6.45) is 0.388. The minimum atomic E-state index is -0.527. The lowest BCUT2D eigenvalue weighted by Crippen LogP contribution is -2.19. The fourth-order valence-corrected chi connectivity index (χ4v) is 2.86. The number of carbonyl (C=O) groups excluding carboxylic acids is 2. The van der Waals surface area contributed by atoms with E-state index in [9.17, 15) is 9.59 Å². The highest BCUT2D eigenvalue weighted by atomic mass is 16.6. The monoisotopic (exact) mass is 386 g/mol. The van der Waals surface area contributed by atoms with Crippen LogP contribution < -0.4 is 9.47 Å².